The zero-order valence-corrected chi connectivity index (χ0v) is 17.0. The first-order chi connectivity index (χ1) is 13.2. The molecule has 1 aromatic carbocycles. The lowest BCUT2D eigenvalue weighted by molar-refractivity contribution is -0.920. The number of benzene rings is 1. The van der Waals surface area contributed by atoms with Gasteiger partial charge in [-0.2, -0.15) is 0 Å². The van der Waals surface area contributed by atoms with Gasteiger partial charge in [0.25, 0.3) is 0 Å². The molecular weight excluding hydrogens is 334 g/mol. The van der Waals surface area contributed by atoms with E-state index in [9.17, 15) is 4.79 Å². The summed E-state index contributed by atoms with van der Waals surface area (Å²) >= 11 is 0. The van der Waals surface area contributed by atoms with Gasteiger partial charge in [-0.15, -0.1) is 0 Å². The van der Waals surface area contributed by atoms with Crippen LogP contribution >= 0.6 is 0 Å². The van der Waals surface area contributed by atoms with Gasteiger partial charge in [-0.25, -0.2) is 4.79 Å². The molecule has 0 N–H and O–H groups in total. The van der Waals surface area contributed by atoms with Gasteiger partial charge in [-0.1, -0.05) is 42.3 Å². The van der Waals surface area contributed by atoms with Gasteiger partial charge in [0.15, 0.2) is 6.54 Å². The Labute approximate surface area is 165 Å². The maximum Gasteiger partial charge on any atom is 0.362 e. The molecule has 27 heavy (non-hydrogen) atoms. The van der Waals surface area contributed by atoms with Crippen molar-refractivity contribution in [1.82, 2.24) is 0 Å². The third kappa shape index (κ3) is 6.49. The fourth-order valence-electron chi connectivity index (χ4n) is 4.61. The first kappa shape index (κ1) is 20.1. The van der Waals surface area contributed by atoms with Crippen LogP contribution in [0.4, 0.5) is 0 Å². The fourth-order valence-corrected chi connectivity index (χ4v) is 4.61. The van der Waals surface area contributed by atoms with Crippen LogP contribution in [0.3, 0.4) is 0 Å². The highest BCUT2D eigenvalue weighted by atomic mass is 16.5. The van der Waals surface area contributed by atoms with Crippen molar-refractivity contribution in [3.63, 3.8) is 0 Å². The van der Waals surface area contributed by atoms with E-state index < -0.39 is 0 Å². The molecule has 1 saturated carbocycles. The van der Waals surface area contributed by atoms with Gasteiger partial charge < -0.3 is 9.22 Å². The number of carbonyl (C=O) groups excluding carboxylic acids is 1. The summed E-state index contributed by atoms with van der Waals surface area (Å²) in [5.74, 6) is 0.0258. The number of esters is 1. The first-order valence-electron chi connectivity index (χ1n) is 10.9. The predicted molar refractivity (Wildman–Crippen MR) is 110 cm³/mol. The number of ether oxygens (including phenoxy) is 1. The Bertz CT molecular complexity index is 611. The molecule has 0 amide bonds. The normalized spacial score (nSPS) is 21.0. The summed E-state index contributed by atoms with van der Waals surface area (Å²) < 4.78 is 6.73. The molecule has 0 radical (unpaired) electrons. The molecule has 148 valence electrons. The topological polar surface area (TPSA) is 26.3 Å². The molecule has 1 aromatic rings. The molecule has 3 nitrogen and oxygen atoms in total. The lowest BCUT2D eigenvalue weighted by Gasteiger charge is -2.40. The van der Waals surface area contributed by atoms with Crippen LogP contribution in [0, 0.1) is 0 Å². The Morgan fingerprint density at radius 2 is 1.70 bits per heavy atom. The molecule has 1 heterocycles. The van der Waals surface area contributed by atoms with Crippen molar-refractivity contribution in [1.29, 1.82) is 0 Å². The third-order valence-corrected chi connectivity index (χ3v) is 6.23. The highest BCUT2D eigenvalue weighted by molar-refractivity contribution is 5.70. The molecule has 1 aliphatic heterocycles. The minimum Gasteiger partial charge on any atom is -0.458 e. The number of carbonyl (C=O) groups is 1. The predicted octanol–water partition coefficient (Wildman–Crippen LogP) is 5.05. The maximum atomic E-state index is 12.7. The van der Waals surface area contributed by atoms with Crippen LogP contribution in [0.1, 0.15) is 63.9 Å². The molecule has 2 aliphatic rings. The highest BCUT2D eigenvalue weighted by Gasteiger charge is 2.33. The Balaban J connectivity index is 1.58. The lowest BCUT2D eigenvalue weighted by Crippen LogP contribution is -2.55. The summed E-state index contributed by atoms with van der Waals surface area (Å²) in [7, 11) is 0. The van der Waals surface area contributed by atoms with E-state index in [0.717, 1.165) is 43.4 Å². The van der Waals surface area contributed by atoms with E-state index in [1.165, 1.54) is 49.7 Å². The van der Waals surface area contributed by atoms with E-state index in [-0.39, 0.29) is 12.1 Å². The minimum atomic E-state index is 0.0258. The van der Waals surface area contributed by atoms with Gasteiger partial charge in [0, 0.05) is 0 Å². The number of likely N-dealkylation sites (tertiary alicyclic amines) is 1. The van der Waals surface area contributed by atoms with E-state index in [4.69, 9.17) is 4.74 Å². The van der Waals surface area contributed by atoms with Crippen LogP contribution in [0.2, 0.25) is 0 Å². The Morgan fingerprint density at radius 3 is 2.41 bits per heavy atom. The summed E-state index contributed by atoms with van der Waals surface area (Å²) in [5, 5.41) is 0. The molecule has 0 spiro atoms. The molecular formula is C24H36NO2+. The number of rotatable bonds is 7. The number of allylic oxidation sites excluding steroid dienone is 1. The van der Waals surface area contributed by atoms with Crippen LogP contribution in [0.15, 0.2) is 42.0 Å². The monoisotopic (exact) mass is 370 g/mol. The van der Waals surface area contributed by atoms with Crippen molar-refractivity contribution in [3.8, 4) is 0 Å². The summed E-state index contributed by atoms with van der Waals surface area (Å²) in [4.78, 5) is 12.7. The zero-order valence-electron chi connectivity index (χ0n) is 17.0. The highest BCUT2D eigenvalue weighted by Crippen LogP contribution is 2.23. The molecule has 0 atom stereocenters. The van der Waals surface area contributed by atoms with Crippen molar-refractivity contribution in [3.05, 3.63) is 47.5 Å². The summed E-state index contributed by atoms with van der Waals surface area (Å²) in [5.41, 5.74) is 2.75. The maximum absolute atomic E-state index is 12.7. The second-order valence-corrected chi connectivity index (χ2v) is 8.65. The average Bonchev–Trinajstić information content (AvgIpc) is 2.69. The number of quaternary nitrogens is 1. The smallest absolute Gasteiger partial charge is 0.362 e. The van der Waals surface area contributed by atoms with E-state index in [1.54, 1.807) is 0 Å². The molecule has 3 heteroatoms. The summed E-state index contributed by atoms with van der Waals surface area (Å²) in [6.45, 7) is 5.93. The Hall–Kier alpha value is -1.61. The van der Waals surface area contributed by atoms with E-state index >= 15 is 0 Å². The van der Waals surface area contributed by atoms with Crippen molar-refractivity contribution < 1.29 is 14.0 Å². The molecule has 1 saturated heterocycles. The summed E-state index contributed by atoms with van der Waals surface area (Å²) in [6, 6.07) is 10.6. The first-order valence-corrected chi connectivity index (χ1v) is 10.9. The Morgan fingerprint density at radius 1 is 1.04 bits per heavy atom. The van der Waals surface area contributed by atoms with E-state index in [2.05, 4.69) is 43.3 Å². The van der Waals surface area contributed by atoms with E-state index in [0.29, 0.717) is 6.54 Å². The van der Waals surface area contributed by atoms with Crippen LogP contribution in [0.25, 0.3) is 0 Å². The van der Waals surface area contributed by atoms with Gasteiger partial charge in [-0.3, -0.25) is 0 Å². The number of nitrogens with zero attached hydrogens (tertiary/aromatic N) is 1. The van der Waals surface area contributed by atoms with Crippen molar-refractivity contribution in [2.45, 2.75) is 70.8 Å². The van der Waals surface area contributed by atoms with E-state index in [1.807, 2.05) is 0 Å². The molecule has 2 fully saturated rings. The van der Waals surface area contributed by atoms with Crippen LogP contribution in [0.5, 0.6) is 0 Å². The van der Waals surface area contributed by atoms with Crippen LogP contribution < -0.4 is 0 Å². The molecule has 0 unspecified atom stereocenters. The van der Waals surface area contributed by atoms with Crippen molar-refractivity contribution in [2.24, 2.45) is 0 Å². The molecule has 1 aliphatic carbocycles. The van der Waals surface area contributed by atoms with Gasteiger partial charge in [0.2, 0.25) is 0 Å². The van der Waals surface area contributed by atoms with Crippen LogP contribution in [-0.4, -0.2) is 42.7 Å². The lowest BCUT2D eigenvalue weighted by atomic mass is 9.98. The number of piperidine rings is 1. The van der Waals surface area contributed by atoms with Gasteiger partial charge in [-0.05, 0) is 69.9 Å². The SMILES string of the molecule is C/C(=C\C[N+]1(CC(=O)OC2CCCCC2)CCCCC1)Cc1ccccc1. The fraction of sp³-hybridized carbons (Fsp3) is 0.625. The second-order valence-electron chi connectivity index (χ2n) is 8.65. The second kappa shape index (κ2) is 10.1. The van der Waals surface area contributed by atoms with Gasteiger partial charge in [0.05, 0.1) is 19.6 Å². The van der Waals surface area contributed by atoms with Crippen molar-refractivity contribution in [2.75, 3.05) is 26.2 Å². The van der Waals surface area contributed by atoms with Gasteiger partial charge in [0.1, 0.15) is 6.10 Å². The number of hydrogen-bond donors (Lipinski definition) is 0. The van der Waals surface area contributed by atoms with Crippen LogP contribution in [-0.2, 0) is 16.0 Å². The molecule has 0 aromatic heterocycles. The standard InChI is InChI=1S/C24H36NO2/c1-21(19-22-11-5-2-6-12-22)15-18-25(16-9-4-10-17-25)20-24(26)27-23-13-7-3-8-14-23/h2,5-6,11-12,15,23H,3-4,7-10,13-14,16-20H2,1H3/q+1/b21-15+. The largest absolute Gasteiger partial charge is 0.458 e. The van der Waals surface area contributed by atoms with Crippen molar-refractivity contribution >= 4 is 5.97 Å². The molecule has 0 bridgehead atoms. The molecule has 3 rings (SSSR count). The Kier molecular flexibility index (Phi) is 7.51. The summed E-state index contributed by atoms with van der Waals surface area (Å²) in [6.07, 6.45) is 13.1. The number of hydrogen-bond acceptors (Lipinski definition) is 2. The minimum absolute atomic E-state index is 0.0258. The van der Waals surface area contributed by atoms with Gasteiger partial charge >= 0.3 is 5.97 Å². The average molecular weight is 371 g/mol. The third-order valence-electron chi connectivity index (χ3n) is 6.23. The quantitative estimate of drug-likeness (QED) is 0.381. The zero-order chi connectivity index (χ0) is 19.0.